The number of amides is 4. The lowest BCUT2D eigenvalue weighted by Gasteiger charge is -2.38. The molecule has 5 heterocycles. The molecule has 3 aliphatic heterocycles. The molecule has 0 saturated carbocycles. The van der Waals surface area contributed by atoms with Crippen LogP contribution in [0.5, 0.6) is 0 Å². The second kappa shape index (κ2) is 10.6. The Kier molecular flexibility index (Phi) is 6.67. The average Bonchev–Trinajstić information content (AvgIpc) is 3.28. The first-order valence-electron chi connectivity index (χ1n) is 14.4. The van der Waals surface area contributed by atoms with Gasteiger partial charge < -0.3 is 5.11 Å². The Bertz CT molecular complexity index is 1910. The van der Waals surface area contributed by atoms with Crippen molar-refractivity contribution >= 4 is 34.5 Å². The van der Waals surface area contributed by atoms with E-state index in [1.807, 2.05) is 18.2 Å². The normalized spacial score (nSPS) is 20.2. The van der Waals surface area contributed by atoms with Crippen molar-refractivity contribution in [3.8, 4) is 5.69 Å². The highest BCUT2D eigenvalue weighted by Gasteiger charge is 2.45. The average molecular weight is 593 g/mol. The van der Waals surface area contributed by atoms with Crippen molar-refractivity contribution in [3.63, 3.8) is 0 Å². The fraction of sp³-hybridized carbons (Fsp3) is 0.281. The van der Waals surface area contributed by atoms with Gasteiger partial charge in [-0.15, -0.1) is 0 Å². The van der Waals surface area contributed by atoms with E-state index in [9.17, 15) is 29.1 Å². The van der Waals surface area contributed by atoms with E-state index in [2.05, 4.69) is 20.2 Å². The third-order valence-electron chi connectivity index (χ3n) is 8.81. The van der Waals surface area contributed by atoms with E-state index in [1.54, 1.807) is 36.7 Å². The summed E-state index contributed by atoms with van der Waals surface area (Å²) in [5.74, 6) is -2.27. The molecule has 1 atom stereocenters. The third kappa shape index (κ3) is 4.68. The first kappa shape index (κ1) is 27.7. The van der Waals surface area contributed by atoms with Crippen molar-refractivity contribution in [2.75, 3.05) is 13.1 Å². The van der Waals surface area contributed by atoms with E-state index in [1.165, 1.54) is 17.0 Å². The summed E-state index contributed by atoms with van der Waals surface area (Å²) in [6, 6.07) is 12.9. The summed E-state index contributed by atoms with van der Waals surface area (Å²) in [4.78, 5) is 75.1. The predicted octanol–water partition coefficient (Wildman–Crippen LogP) is 1.67. The minimum Gasteiger partial charge on any atom is -0.385 e. The van der Waals surface area contributed by atoms with Crippen LogP contribution in [-0.4, -0.2) is 72.2 Å². The molecule has 7 rings (SSSR count). The fourth-order valence-electron chi connectivity index (χ4n) is 6.34. The van der Waals surface area contributed by atoms with Gasteiger partial charge in [-0.25, -0.2) is 4.98 Å². The topological polar surface area (TPSA) is 155 Å². The number of aliphatic hydroxyl groups is 1. The number of fused-ring (bicyclic) bond motifs is 2. The molecule has 3 aliphatic rings. The second-order valence-electron chi connectivity index (χ2n) is 11.5. The van der Waals surface area contributed by atoms with Crippen molar-refractivity contribution in [1.82, 2.24) is 29.7 Å². The van der Waals surface area contributed by atoms with Gasteiger partial charge in [0.1, 0.15) is 12.4 Å². The number of likely N-dealkylation sites (tertiary alicyclic amines) is 1. The van der Waals surface area contributed by atoms with Gasteiger partial charge >= 0.3 is 0 Å². The Morgan fingerprint density at radius 1 is 0.955 bits per heavy atom. The molecule has 222 valence electrons. The fourth-order valence-corrected chi connectivity index (χ4v) is 6.34. The molecule has 4 aromatic rings. The number of pyridine rings is 1. The Morgan fingerprint density at radius 3 is 2.50 bits per heavy atom. The second-order valence-corrected chi connectivity index (χ2v) is 11.5. The van der Waals surface area contributed by atoms with E-state index in [-0.39, 0.29) is 29.5 Å². The van der Waals surface area contributed by atoms with Gasteiger partial charge in [0.25, 0.3) is 17.4 Å². The summed E-state index contributed by atoms with van der Waals surface area (Å²) < 4.78 is 1.47. The van der Waals surface area contributed by atoms with E-state index in [0.29, 0.717) is 54.6 Å². The van der Waals surface area contributed by atoms with Crippen LogP contribution in [-0.2, 0) is 21.7 Å². The summed E-state index contributed by atoms with van der Waals surface area (Å²) in [6.07, 6.45) is 5.67. The third-order valence-corrected chi connectivity index (χ3v) is 8.81. The van der Waals surface area contributed by atoms with Gasteiger partial charge in [-0.05, 0) is 66.8 Å². The minimum atomic E-state index is -1.21. The number of aromatic nitrogens is 3. The maximum atomic E-state index is 13.3. The van der Waals surface area contributed by atoms with E-state index < -0.39 is 35.3 Å². The number of hydrogen-bond acceptors (Lipinski definition) is 9. The van der Waals surface area contributed by atoms with Gasteiger partial charge in [0.2, 0.25) is 11.8 Å². The minimum absolute atomic E-state index is 0.0465. The van der Waals surface area contributed by atoms with E-state index >= 15 is 0 Å². The van der Waals surface area contributed by atoms with Crippen LogP contribution in [0.25, 0.3) is 16.6 Å². The molecule has 2 N–H and O–H groups in total. The summed E-state index contributed by atoms with van der Waals surface area (Å²) >= 11 is 0. The zero-order chi connectivity index (χ0) is 30.6. The van der Waals surface area contributed by atoms with Gasteiger partial charge in [-0.2, -0.15) is 0 Å². The van der Waals surface area contributed by atoms with Crippen LogP contribution >= 0.6 is 0 Å². The zero-order valence-corrected chi connectivity index (χ0v) is 23.6. The predicted molar refractivity (Wildman–Crippen MR) is 157 cm³/mol. The Morgan fingerprint density at radius 2 is 1.75 bits per heavy atom. The van der Waals surface area contributed by atoms with Crippen LogP contribution in [0.15, 0.2) is 72.0 Å². The Hall–Kier alpha value is -5.07. The molecule has 2 aromatic heterocycles. The van der Waals surface area contributed by atoms with Crippen molar-refractivity contribution in [2.45, 2.75) is 43.9 Å². The number of rotatable bonds is 5. The van der Waals surface area contributed by atoms with Crippen LogP contribution in [0.4, 0.5) is 0 Å². The van der Waals surface area contributed by atoms with Gasteiger partial charge in [0.15, 0.2) is 0 Å². The lowest BCUT2D eigenvalue weighted by atomic mass is 9.83. The SMILES string of the molecule is O=C1CCC(N2C(=O)c3ccc(C4(O)CCN(Cc5ccc6ncn(-c7cccnc7)c(=O)c6c5)CC4)cc3C2=O)C(=O)N1. The molecular formula is C32H28N6O6. The Labute approximate surface area is 250 Å². The molecule has 1 unspecified atom stereocenters. The monoisotopic (exact) mass is 592 g/mol. The summed E-state index contributed by atoms with van der Waals surface area (Å²) in [7, 11) is 0. The van der Waals surface area contributed by atoms with Crippen LogP contribution in [0.1, 0.15) is 57.5 Å². The van der Waals surface area contributed by atoms with Gasteiger partial charge in [-0.3, -0.25) is 48.6 Å². The molecule has 2 fully saturated rings. The first-order valence-corrected chi connectivity index (χ1v) is 14.4. The number of hydrogen-bond donors (Lipinski definition) is 2. The van der Waals surface area contributed by atoms with E-state index in [4.69, 9.17) is 0 Å². The maximum absolute atomic E-state index is 13.3. The largest absolute Gasteiger partial charge is 0.385 e. The molecule has 12 heteroatoms. The molecule has 0 aliphatic carbocycles. The van der Waals surface area contributed by atoms with Crippen molar-refractivity contribution in [3.05, 3.63) is 99.9 Å². The summed E-state index contributed by atoms with van der Waals surface area (Å²) in [5.41, 5.74) is 1.66. The lowest BCUT2D eigenvalue weighted by molar-refractivity contribution is -0.136. The van der Waals surface area contributed by atoms with E-state index in [0.717, 1.165) is 10.5 Å². The van der Waals surface area contributed by atoms with Crippen LogP contribution in [0.3, 0.4) is 0 Å². The zero-order valence-electron chi connectivity index (χ0n) is 23.6. The van der Waals surface area contributed by atoms with Crippen molar-refractivity contribution in [1.29, 1.82) is 0 Å². The smallest absolute Gasteiger partial charge is 0.265 e. The van der Waals surface area contributed by atoms with Crippen LogP contribution in [0, 0.1) is 0 Å². The molecule has 4 amide bonds. The highest BCUT2D eigenvalue weighted by atomic mass is 16.3. The van der Waals surface area contributed by atoms with Crippen molar-refractivity contribution < 1.29 is 24.3 Å². The van der Waals surface area contributed by atoms with Crippen LogP contribution in [0.2, 0.25) is 0 Å². The number of nitrogens with one attached hydrogen (secondary N) is 1. The maximum Gasteiger partial charge on any atom is 0.265 e. The molecule has 0 radical (unpaired) electrons. The van der Waals surface area contributed by atoms with Crippen molar-refractivity contribution in [2.24, 2.45) is 0 Å². The molecular weight excluding hydrogens is 564 g/mol. The summed E-state index contributed by atoms with van der Waals surface area (Å²) in [5, 5.41) is 14.3. The molecule has 44 heavy (non-hydrogen) atoms. The van der Waals surface area contributed by atoms with Gasteiger partial charge in [0, 0.05) is 32.3 Å². The molecule has 2 saturated heterocycles. The van der Waals surface area contributed by atoms with Gasteiger partial charge in [-0.1, -0.05) is 12.1 Å². The Balaban J connectivity index is 1.06. The molecule has 12 nitrogen and oxygen atoms in total. The number of benzene rings is 2. The molecule has 0 bridgehead atoms. The highest BCUT2D eigenvalue weighted by Crippen LogP contribution is 2.37. The first-order chi connectivity index (χ1) is 21.2. The van der Waals surface area contributed by atoms with Gasteiger partial charge in [0.05, 0.1) is 39.5 Å². The quantitative estimate of drug-likeness (QED) is 0.329. The van der Waals surface area contributed by atoms with Crippen LogP contribution < -0.4 is 10.9 Å². The number of carbonyl (C=O) groups excluding carboxylic acids is 4. The standard InChI is InChI=1S/C32H28N6O6/c39-27-8-7-26(28(40)35-27)38-30(42)22-5-4-20(15-23(22)31(38)43)32(44)9-12-36(13-10-32)17-19-3-6-25-24(14-19)29(41)37(18-34-25)21-2-1-11-33-16-21/h1-6,11,14-16,18,26,44H,7-10,12-13,17H2,(H,35,39,40). The number of carbonyl (C=O) groups is 4. The molecule has 0 spiro atoms. The number of nitrogens with zero attached hydrogens (tertiary/aromatic N) is 5. The number of imide groups is 2. The number of piperidine rings is 2. The summed E-state index contributed by atoms with van der Waals surface area (Å²) in [6.45, 7) is 1.70. The molecule has 2 aromatic carbocycles. The highest BCUT2D eigenvalue weighted by molar-refractivity contribution is 6.23. The lowest BCUT2D eigenvalue weighted by Crippen LogP contribution is -2.54.